The molecule has 0 atom stereocenters. The summed E-state index contributed by atoms with van der Waals surface area (Å²) in [6.45, 7) is 2.64. The smallest absolute Gasteiger partial charge is 0.321 e. The van der Waals surface area contributed by atoms with Gasteiger partial charge in [-0.2, -0.15) is 0 Å². The Labute approximate surface area is 154 Å². The predicted octanol–water partition coefficient (Wildman–Crippen LogP) is 3.66. The van der Waals surface area contributed by atoms with Gasteiger partial charge in [-0.25, -0.2) is 18.0 Å². The molecule has 0 unspecified atom stereocenters. The normalized spacial score (nSPS) is 14.2. The van der Waals surface area contributed by atoms with Crippen LogP contribution in [-0.2, 0) is 0 Å². The van der Waals surface area contributed by atoms with Crippen LogP contribution in [0.4, 0.5) is 29.3 Å². The van der Waals surface area contributed by atoms with E-state index in [1.54, 1.807) is 34.1 Å². The lowest BCUT2D eigenvalue weighted by atomic mass is 10.1. The second-order valence-corrected chi connectivity index (χ2v) is 6.23. The Morgan fingerprint density at radius 3 is 2.11 bits per heavy atom. The average Bonchev–Trinajstić information content (AvgIpc) is 2.67. The molecular formula is C19H18F3N3O2. The summed E-state index contributed by atoms with van der Waals surface area (Å²) in [5, 5.41) is 2.73. The lowest BCUT2D eigenvalue weighted by Gasteiger charge is -2.36. The average molecular weight is 377 g/mol. The molecule has 1 fully saturated rings. The highest BCUT2D eigenvalue weighted by Gasteiger charge is 2.25. The van der Waals surface area contributed by atoms with E-state index < -0.39 is 17.5 Å². The highest BCUT2D eigenvalue weighted by molar-refractivity contribution is 5.95. The third-order valence-corrected chi connectivity index (χ3v) is 4.47. The molecule has 3 rings (SSSR count). The number of carbonyl (C=O) groups is 2. The van der Waals surface area contributed by atoms with Gasteiger partial charge in [-0.3, -0.25) is 4.79 Å². The van der Waals surface area contributed by atoms with E-state index in [2.05, 4.69) is 5.32 Å². The SMILES string of the molecule is CC(=O)c1ccc(NC(=O)N2CCN(c3ccc(F)c(F)c3F)CC2)cc1. The molecule has 8 heteroatoms. The Balaban J connectivity index is 1.59. The molecule has 0 saturated carbocycles. The van der Waals surface area contributed by atoms with Gasteiger partial charge < -0.3 is 15.1 Å². The van der Waals surface area contributed by atoms with Crippen molar-refractivity contribution in [1.82, 2.24) is 4.90 Å². The summed E-state index contributed by atoms with van der Waals surface area (Å²) in [6.07, 6.45) is 0. The van der Waals surface area contributed by atoms with Crippen molar-refractivity contribution >= 4 is 23.2 Å². The molecule has 2 aromatic carbocycles. The minimum atomic E-state index is -1.50. The Morgan fingerprint density at radius 2 is 1.52 bits per heavy atom. The minimum absolute atomic E-state index is 0.0196. The molecule has 0 spiro atoms. The number of halogens is 3. The summed E-state index contributed by atoms with van der Waals surface area (Å²) in [7, 11) is 0. The second-order valence-electron chi connectivity index (χ2n) is 6.23. The van der Waals surface area contributed by atoms with E-state index in [-0.39, 0.29) is 17.5 Å². The number of piperazine rings is 1. The van der Waals surface area contributed by atoms with Crippen molar-refractivity contribution in [3.05, 3.63) is 59.4 Å². The first-order valence-corrected chi connectivity index (χ1v) is 8.42. The van der Waals surface area contributed by atoms with E-state index in [1.165, 1.54) is 13.0 Å². The maximum absolute atomic E-state index is 13.9. The number of nitrogens with one attached hydrogen (secondary N) is 1. The monoisotopic (exact) mass is 377 g/mol. The highest BCUT2D eigenvalue weighted by Crippen LogP contribution is 2.24. The number of amides is 2. The second kappa shape index (κ2) is 7.69. The first kappa shape index (κ1) is 18.8. The zero-order chi connectivity index (χ0) is 19.6. The van der Waals surface area contributed by atoms with Gasteiger partial charge in [-0.15, -0.1) is 0 Å². The third-order valence-electron chi connectivity index (χ3n) is 4.47. The van der Waals surface area contributed by atoms with Crippen LogP contribution in [0.3, 0.4) is 0 Å². The van der Waals surface area contributed by atoms with Gasteiger partial charge in [0.05, 0.1) is 5.69 Å². The minimum Gasteiger partial charge on any atom is -0.366 e. The summed E-state index contributed by atoms with van der Waals surface area (Å²) in [5.41, 5.74) is 1.09. The van der Waals surface area contributed by atoms with Crippen molar-refractivity contribution in [2.45, 2.75) is 6.92 Å². The maximum Gasteiger partial charge on any atom is 0.321 e. The Morgan fingerprint density at radius 1 is 0.889 bits per heavy atom. The number of ketones is 1. The van der Waals surface area contributed by atoms with E-state index in [1.807, 2.05) is 0 Å². The van der Waals surface area contributed by atoms with E-state index >= 15 is 0 Å². The zero-order valence-corrected chi connectivity index (χ0v) is 14.6. The Kier molecular flexibility index (Phi) is 5.34. The Bertz CT molecular complexity index is 863. The molecule has 1 heterocycles. The molecule has 1 aliphatic rings. The molecule has 1 aliphatic heterocycles. The number of Topliss-reactive ketones (excluding diaryl/α,β-unsaturated/α-hetero) is 1. The highest BCUT2D eigenvalue weighted by atomic mass is 19.2. The zero-order valence-electron chi connectivity index (χ0n) is 14.6. The fourth-order valence-electron chi connectivity index (χ4n) is 2.90. The number of anilines is 2. The topological polar surface area (TPSA) is 52.7 Å². The molecule has 0 aliphatic carbocycles. The number of benzene rings is 2. The van der Waals surface area contributed by atoms with Gasteiger partial charge in [-0.05, 0) is 43.3 Å². The number of carbonyl (C=O) groups excluding carboxylic acids is 2. The quantitative estimate of drug-likeness (QED) is 0.656. The van der Waals surface area contributed by atoms with E-state index in [0.29, 0.717) is 37.4 Å². The van der Waals surface area contributed by atoms with Crippen LogP contribution >= 0.6 is 0 Å². The van der Waals surface area contributed by atoms with Crippen molar-refractivity contribution in [3.63, 3.8) is 0 Å². The predicted molar refractivity (Wildman–Crippen MR) is 95.6 cm³/mol. The van der Waals surface area contributed by atoms with Crippen LogP contribution in [0.5, 0.6) is 0 Å². The lowest BCUT2D eigenvalue weighted by molar-refractivity contribution is 0.101. The molecule has 2 amide bonds. The van der Waals surface area contributed by atoms with Gasteiger partial charge in [0.1, 0.15) is 0 Å². The summed E-state index contributed by atoms with van der Waals surface area (Å²) in [6, 6.07) is 8.29. The fourth-order valence-corrected chi connectivity index (χ4v) is 2.90. The third kappa shape index (κ3) is 4.05. The molecule has 0 bridgehead atoms. The van der Waals surface area contributed by atoms with Crippen molar-refractivity contribution in [2.75, 3.05) is 36.4 Å². The Hall–Kier alpha value is -3.03. The van der Waals surface area contributed by atoms with Gasteiger partial charge in [0.2, 0.25) is 0 Å². The van der Waals surface area contributed by atoms with Gasteiger partial charge in [0.15, 0.2) is 23.2 Å². The van der Waals surface area contributed by atoms with E-state index in [9.17, 15) is 22.8 Å². The first-order valence-electron chi connectivity index (χ1n) is 8.42. The molecular weight excluding hydrogens is 359 g/mol. The summed E-state index contributed by atoms with van der Waals surface area (Å²) in [5.74, 6) is -4.02. The van der Waals surface area contributed by atoms with Crippen LogP contribution < -0.4 is 10.2 Å². The van der Waals surface area contributed by atoms with Gasteiger partial charge >= 0.3 is 6.03 Å². The lowest BCUT2D eigenvalue weighted by Crippen LogP contribution is -2.50. The molecule has 0 radical (unpaired) electrons. The fraction of sp³-hybridized carbons (Fsp3) is 0.263. The summed E-state index contributed by atoms with van der Waals surface area (Å²) in [4.78, 5) is 26.7. The van der Waals surface area contributed by atoms with Crippen LogP contribution in [0.1, 0.15) is 17.3 Å². The van der Waals surface area contributed by atoms with Crippen LogP contribution in [0.25, 0.3) is 0 Å². The number of urea groups is 1. The van der Waals surface area contributed by atoms with Gasteiger partial charge in [0, 0.05) is 37.4 Å². The largest absolute Gasteiger partial charge is 0.366 e. The van der Waals surface area contributed by atoms with Crippen LogP contribution in [0.15, 0.2) is 36.4 Å². The van der Waals surface area contributed by atoms with Gasteiger partial charge in [0.25, 0.3) is 0 Å². The molecule has 5 nitrogen and oxygen atoms in total. The summed E-state index contributed by atoms with van der Waals surface area (Å²) < 4.78 is 40.4. The molecule has 1 N–H and O–H groups in total. The van der Waals surface area contributed by atoms with Crippen molar-refractivity contribution < 1.29 is 22.8 Å². The molecule has 0 aromatic heterocycles. The number of hydrogen-bond acceptors (Lipinski definition) is 3. The van der Waals surface area contributed by atoms with Crippen LogP contribution in [0, 0.1) is 17.5 Å². The van der Waals surface area contributed by atoms with E-state index in [0.717, 1.165) is 6.07 Å². The van der Waals surface area contributed by atoms with Crippen molar-refractivity contribution in [1.29, 1.82) is 0 Å². The molecule has 142 valence electrons. The van der Waals surface area contributed by atoms with Crippen molar-refractivity contribution in [2.24, 2.45) is 0 Å². The molecule has 2 aromatic rings. The van der Waals surface area contributed by atoms with Crippen molar-refractivity contribution in [3.8, 4) is 0 Å². The van der Waals surface area contributed by atoms with E-state index in [4.69, 9.17) is 0 Å². The number of nitrogens with zero attached hydrogens (tertiary/aromatic N) is 2. The summed E-state index contributed by atoms with van der Waals surface area (Å²) >= 11 is 0. The van der Waals surface area contributed by atoms with Crippen LogP contribution in [0.2, 0.25) is 0 Å². The molecule has 27 heavy (non-hydrogen) atoms. The number of hydrogen-bond donors (Lipinski definition) is 1. The number of rotatable bonds is 3. The standard InChI is InChI=1S/C19H18F3N3O2/c1-12(26)13-2-4-14(5-3-13)23-19(27)25-10-8-24(9-11-25)16-7-6-15(20)17(21)18(16)22/h2-7H,8-11H2,1H3,(H,23,27). The maximum atomic E-state index is 13.9. The van der Waals surface area contributed by atoms with Crippen LogP contribution in [-0.4, -0.2) is 42.9 Å². The first-order chi connectivity index (χ1) is 12.9. The molecule has 1 saturated heterocycles. The van der Waals surface area contributed by atoms with Gasteiger partial charge in [-0.1, -0.05) is 0 Å².